The molecule has 108 valence electrons. The Balaban J connectivity index is 2.16. The van der Waals surface area contributed by atoms with Crippen molar-refractivity contribution in [3.05, 3.63) is 89.5 Å². The fraction of sp³-hybridized carbons (Fsp3) is 0.0476. The molecule has 0 bridgehead atoms. The predicted molar refractivity (Wildman–Crippen MR) is 94.8 cm³/mol. The predicted octanol–water partition coefficient (Wildman–Crippen LogP) is 4.42. The number of aliphatic hydroxyl groups excluding tert-OH is 1. The van der Waals surface area contributed by atoms with Crippen LogP contribution in [0.25, 0.3) is 17.7 Å². The minimum absolute atomic E-state index is 0.000190. The Morgan fingerprint density at radius 2 is 1.59 bits per heavy atom. The summed E-state index contributed by atoms with van der Waals surface area (Å²) in [4.78, 5) is 0. The third-order valence-electron chi connectivity index (χ3n) is 3.15. The van der Waals surface area contributed by atoms with Crippen LogP contribution in [-0.4, -0.2) is 11.7 Å². The first-order chi connectivity index (χ1) is 10.8. The van der Waals surface area contributed by atoms with Gasteiger partial charge in [-0.3, -0.25) is 0 Å². The molecule has 0 unspecified atom stereocenters. The minimum Gasteiger partial charge on any atom is -0.392 e. The van der Waals surface area contributed by atoms with Crippen molar-refractivity contribution in [2.45, 2.75) is 0 Å². The van der Waals surface area contributed by atoms with E-state index in [2.05, 4.69) is 30.2 Å². The Hall–Kier alpha value is -2.82. The molecule has 2 rings (SSSR count). The lowest BCUT2D eigenvalue weighted by Gasteiger charge is -2.02. The molecule has 1 nitrogen and oxygen atoms in total. The Morgan fingerprint density at radius 1 is 0.955 bits per heavy atom. The zero-order valence-corrected chi connectivity index (χ0v) is 12.3. The van der Waals surface area contributed by atoms with Crippen molar-refractivity contribution in [2.24, 2.45) is 0 Å². The van der Waals surface area contributed by atoms with Crippen molar-refractivity contribution in [2.75, 3.05) is 6.61 Å². The lowest BCUT2D eigenvalue weighted by molar-refractivity contribution is 0.343. The Kier molecular flexibility index (Phi) is 5.99. The summed E-state index contributed by atoms with van der Waals surface area (Å²) in [5.74, 6) is 2.53. The van der Waals surface area contributed by atoms with E-state index in [1.165, 1.54) is 5.56 Å². The van der Waals surface area contributed by atoms with Gasteiger partial charge in [0.2, 0.25) is 0 Å². The van der Waals surface area contributed by atoms with Gasteiger partial charge in [-0.05, 0) is 28.3 Å². The van der Waals surface area contributed by atoms with Crippen LogP contribution in [0.3, 0.4) is 0 Å². The fourth-order valence-corrected chi connectivity index (χ4v) is 2.04. The molecule has 22 heavy (non-hydrogen) atoms. The largest absolute Gasteiger partial charge is 0.392 e. The van der Waals surface area contributed by atoms with Gasteiger partial charge >= 0.3 is 0 Å². The second-order valence-corrected chi connectivity index (χ2v) is 4.72. The van der Waals surface area contributed by atoms with Crippen molar-refractivity contribution in [1.82, 2.24) is 0 Å². The van der Waals surface area contributed by atoms with E-state index >= 15 is 0 Å². The van der Waals surface area contributed by atoms with Gasteiger partial charge in [0.1, 0.15) is 0 Å². The third kappa shape index (κ3) is 4.63. The molecular formula is C21H18O. The van der Waals surface area contributed by atoms with Gasteiger partial charge in [0.05, 0.1) is 6.61 Å². The van der Waals surface area contributed by atoms with Crippen molar-refractivity contribution in [3.8, 4) is 12.3 Å². The molecule has 0 atom stereocenters. The monoisotopic (exact) mass is 286 g/mol. The first kappa shape index (κ1) is 15.6. The number of allylic oxidation sites excluding steroid dienone is 3. The molecule has 0 aliphatic rings. The van der Waals surface area contributed by atoms with Crippen LogP contribution in [-0.2, 0) is 0 Å². The summed E-state index contributed by atoms with van der Waals surface area (Å²) in [5, 5.41) is 8.88. The van der Waals surface area contributed by atoms with Gasteiger partial charge in [0.25, 0.3) is 0 Å². The van der Waals surface area contributed by atoms with Crippen LogP contribution in [0.2, 0.25) is 0 Å². The Bertz CT molecular complexity index is 711. The normalized spacial score (nSPS) is 11.9. The molecule has 0 saturated heterocycles. The first-order valence-electron chi connectivity index (χ1n) is 7.11. The van der Waals surface area contributed by atoms with Gasteiger partial charge in [-0.15, -0.1) is 6.42 Å². The molecule has 0 amide bonds. The lowest BCUT2D eigenvalue weighted by Crippen LogP contribution is -1.83. The summed E-state index contributed by atoms with van der Waals surface area (Å²) in [6.45, 7) is -0.000190. The Morgan fingerprint density at radius 3 is 2.18 bits per heavy atom. The maximum Gasteiger partial charge on any atom is 0.0615 e. The van der Waals surface area contributed by atoms with E-state index < -0.39 is 0 Å². The molecule has 2 aromatic carbocycles. The zero-order chi connectivity index (χ0) is 15.6. The van der Waals surface area contributed by atoms with Crippen molar-refractivity contribution in [1.29, 1.82) is 0 Å². The average Bonchev–Trinajstić information content (AvgIpc) is 2.58. The van der Waals surface area contributed by atoms with Gasteiger partial charge in [-0.25, -0.2) is 0 Å². The molecule has 0 saturated carbocycles. The quantitative estimate of drug-likeness (QED) is 0.490. The Labute approximate surface area is 131 Å². The van der Waals surface area contributed by atoms with Crippen LogP contribution < -0.4 is 0 Å². The molecule has 0 heterocycles. The number of benzene rings is 2. The summed E-state index contributed by atoms with van der Waals surface area (Å²) in [7, 11) is 0. The summed E-state index contributed by atoms with van der Waals surface area (Å²) in [5.41, 5.74) is 4.24. The maximum absolute atomic E-state index is 8.88. The standard InChI is InChI=1S/C21H18O/c1-2-7-20(10-6-17-22)21-15-13-19(14-16-21)12-11-18-8-4-3-5-9-18/h1,3-16,22H,17H2/b10-6-,12-11+,20-7+. The van der Waals surface area contributed by atoms with E-state index in [4.69, 9.17) is 11.5 Å². The molecule has 0 aliphatic carbocycles. The molecule has 0 fully saturated rings. The molecule has 1 heteroatoms. The van der Waals surface area contributed by atoms with Crippen molar-refractivity contribution >= 4 is 17.7 Å². The smallest absolute Gasteiger partial charge is 0.0615 e. The molecular weight excluding hydrogens is 268 g/mol. The van der Waals surface area contributed by atoms with Crippen LogP contribution >= 0.6 is 0 Å². The van der Waals surface area contributed by atoms with Crippen molar-refractivity contribution in [3.63, 3.8) is 0 Å². The van der Waals surface area contributed by atoms with E-state index in [1.54, 1.807) is 12.2 Å². The third-order valence-corrected chi connectivity index (χ3v) is 3.15. The summed E-state index contributed by atoms with van der Waals surface area (Å²) in [6.07, 6.45) is 14.7. The topological polar surface area (TPSA) is 20.2 Å². The van der Waals surface area contributed by atoms with Crippen LogP contribution in [0.15, 0.2) is 72.8 Å². The highest BCUT2D eigenvalue weighted by Crippen LogP contribution is 2.17. The highest BCUT2D eigenvalue weighted by molar-refractivity contribution is 5.77. The zero-order valence-electron chi connectivity index (χ0n) is 12.3. The molecule has 0 spiro atoms. The molecule has 0 radical (unpaired) electrons. The number of aliphatic hydroxyl groups is 1. The fourth-order valence-electron chi connectivity index (χ4n) is 2.04. The van der Waals surface area contributed by atoms with E-state index in [9.17, 15) is 0 Å². The SMILES string of the molecule is C#C/C=C(\C=C/CO)c1ccc(/C=C/c2ccccc2)cc1. The second kappa shape index (κ2) is 8.46. The molecule has 0 aromatic heterocycles. The second-order valence-electron chi connectivity index (χ2n) is 4.72. The van der Waals surface area contributed by atoms with Gasteiger partial charge in [-0.2, -0.15) is 0 Å². The van der Waals surface area contributed by atoms with Crippen LogP contribution in [0.5, 0.6) is 0 Å². The maximum atomic E-state index is 8.88. The summed E-state index contributed by atoms with van der Waals surface area (Å²) >= 11 is 0. The van der Waals surface area contributed by atoms with E-state index in [1.807, 2.05) is 48.5 Å². The summed E-state index contributed by atoms with van der Waals surface area (Å²) < 4.78 is 0. The highest BCUT2D eigenvalue weighted by atomic mass is 16.2. The van der Waals surface area contributed by atoms with E-state index in [0.717, 1.165) is 16.7 Å². The highest BCUT2D eigenvalue weighted by Gasteiger charge is 1.97. The van der Waals surface area contributed by atoms with E-state index in [0.29, 0.717) is 0 Å². The summed E-state index contributed by atoms with van der Waals surface area (Å²) in [6, 6.07) is 18.3. The first-order valence-corrected chi connectivity index (χ1v) is 7.11. The molecule has 2 aromatic rings. The van der Waals surface area contributed by atoms with Crippen LogP contribution in [0.1, 0.15) is 16.7 Å². The molecule has 0 aliphatic heterocycles. The van der Waals surface area contributed by atoms with Gasteiger partial charge in [0.15, 0.2) is 0 Å². The number of rotatable bonds is 5. The van der Waals surface area contributed by atoms with E-state index in [-0.39, 0.29) is 6.61 Å². The number of hydrogen-bond acceptors (Lipinski definition) is 1. The van der Waals surface area contributed by atoms with Crippen molar-refractivity contribution < 1.29 is 5.11 Å². The van der Waals surface area contributed by atoms with Gasteiger partial charge < -0.3 is 5.11 Å². The van der Waals surface area contributed by atoms with Crippen LogP contribution in [0.4, 0.5) is 0 Å². The van der Waals surface area contributed by atoms with Gasteiger partial charge in [0, 0.05) is 0 Å². The molecule has 1 N–H and O–H groups in total. The average molecular weight is 286 g/mol. The number of terminal acetylenes is 1. The lowest BCUT2D eigenvalue weighted by atomic mass is 10.0. The number of hydrogen-bond donors (Lipinski definition) is 1. The minimum atomic E-state index is -0.000190. The van der Waals surface area contributed by atoms with Crippen LogP contribution in [0, 0.1) is 12.3 Å². The van der Waals surface area contributed by atoms with Gasteiger partial charge in [-0.1, -0.05) is 84.8 Å².